The maximum absolute atomic E-state index is 9.34. The molecule has 6 heteroatoms. The SMILES string of the molecule is N#Cc1cccc(CC(c2cccnc2)(c2cccnc2)c2ccnc(N)n2)c1. The molecule has 0 saturated carbocycles. The minimum atomic E-state index is -0.701. The molecule has 0 fully saturated rings. The van der Waals surface area contributed by atoms with Crippen LogP contribution in [0.5, 0.6) is 0 Å². The predicted molar refractivity (Wildman–Crippen MR) is 110 cm³/mol. The fourth-order valence-corrected chi connectivity index (χ4v) is 3.66. The Balaban J connectivity index is 2.02. The molecule has 0 aliphatic heterocycles. The van der Waals surface area contributed by atoms with E-state index in [-0.39, 0.29) is 5.95 Å². The standard InChI is InChI=1S/C23H18N6/c24-14-18-5-1-4-17(12-18)13-23(19-6-2-9-26-15-19,20-7-3-10-27-16-20)21-8-11-28-22(25)29-21/h1-12,15-16H,13H2,(H2,25,28,29). The van der Waals surface area contributed by atoms with E-state index in [4.69, 9.17) is 5.73 Å². The van der Waals surface area contributed by atoms with Gasteiger partial charge in [-0.3, -0.25) is 9.97 Å². The summed E-state index contributed by atoms with van der Waals surface area (Å²) in [6.07, 6.45) is 9.35. The Morgan fingerprint density at radius 2 is 1.62 bits per heavy atom. The van der Waals surface area contributed by atoms with Crippen LogP contribution in [0.2, 0.25) is 0 Å². The zero-order valence-electron chi connectivity index (χ0n) is 15.6. The first kappa shape index (κ1) is 18.3. The van der Waals surface area contributed by atoms with Crippen molar-refractivity contribution in [2.75, 3.05) is 5.73 Å². The molecule has 0 spiro atoms. The first-order valence-electron chi connectivity index (χ1n) is 9.11. The monoisotopic (exact) mass is 378 g/mol. The van der Waals surface area contributed by atoms with Crippen LogP contribution in [0.1, 0.15) is 27.9 Å². The summed E-state index contributed by atoms with van der Waals surface area (Å²) >= 11 is 0. The van der Waals surface area contributed by atoms with Gasteiger partial charge in [0.15, 0.2) is 0 Å². The molecule has 3 heterocycles. The van der Waals surface area contributed by atoms with Crippen LogP contribution in [-0.4, -0.2) is 19.9 Å². The van der Waals surface area contributed by atoms with Crippen molar-refractivity contribution in [3.63, 3.8) is 0 Å². The van der Waals surface area contributed by atoms with E-state index >= 15 is 0 Å². The molecular formula is C23H18N6. The molecule has 6 nitrogen and oxygen atoms in total. The fraction of sp³-hybridized carbons (Fsp3) is 0.0870. The molecule has 0 amide bonds. The summed E-state index contributed by atoms with van der Waals surface area (Å²) in [5, 5.41) is 9.34. The number of nitrogens with two attached hydrogens (primary N) is 1. The Morgan fingerprint density at radius 1 is 0.897 bits per heavy atom. The lowest BCUT2D eigenvalue weighted by molar-refractivity contribution is 0.586. The van der Waals surface area contributed by atoms with Crippen molar-refractivity contribution in [3.05, 3.63) is 114 Å². The highest BCUT2D eigenvalue weighted by atomic mass is 15.0. The number of hydrogen-bond acceptors (Lipinski definition) is 6. The molecule has 0 bridgehead atoms. The molecule has 4 aromatic rings. The average Bonchev–Trinajstić information content (AvgIpc) is 2.79. The molecule has 0 atom stereocenters. The molecule has 0 radical (unpaired) electrons. The minimum Gasteiger partial charge on any atom is -0.368 e. The van der Waals surface area contributed by atoms with Gasteiger partial charge in [0.2, 0.25) is 5.95 Å². The fourth-order valence-electron chi connectivity index (χ4n) is 3.66. The number of aromatic nitrogens is 4. The van der Waals surface area contributed by atoms with Crippen LogP contribution < -0.4 is 5.73 Å². The van der Waals surface area contributed by atoms with Gasteiger partial charge in [-0.05, 0) is 53.4 Å². The lowest BCUT2D eigenvalue weighted by Crippen LogP contribution is -2.34. The van der Waals surface area contributed by atoms with Gasteiger partial charge in [0, 0.05) is 31.0 Å². The van der Waals surface area contributed by atoms with Crippen molar-refractivity contribution in [1.82, 2.24) is 19.9 Å². The second-order valence-electron chi connectivity index (χ2n) is 6.68. The molecule has 140 valence electrons. The van der Waals surface area contributed by atoms with E-state index in [1.165, 1.54) is 0 Å². The Labute approximate surface area is 168 Å². The summed E-state index contributed by atoms with van der Waals surface area (Å²) < 4.78 is 0. The van der Waals surface area contributed by atoms with Gasteiger partial charge in [-0.2, -0.15) is 5.26 Å². The van der Waals surface area contributed by atoms with E-state index in [2.05, 4.69) is 26.0 Å². The molecule has 29 heavy (non-hydrogen) atoms. The van der Waals surface area contributed by atoms with Gasteiger partial charge in [-0.25, -0.2) is 9.97 Å². The lowest BCUT2D eigenvalue weighted by atomic mass is 9.69. The van der Waals surface area contributed by atoms with Crippen LogP contribution in [0.3, 0.4) is 0 Å². The summed E-state index contributed by atoms with van der Waals surface area (Å²) in [4.78, 5) is 17.4. The summed E-state index contributed by atoms with van der Waals surface area (Å²) in [6.45, 7) is 0. The summed E-state index contributed by atoms with van der Waals surface area (Å²) in [7, 11) is 0. The molecule has 1 aromatic carbocycles. The number of nitrogen functional groups attached to an aromatic ring is 1. The molecule has 0 unspecified atom stereocenters. The first-order chi connectivity index (χ1) is 14.2. The average molecular weight is 378 g/mol. The van der Waals surface area contributed by atoms with Crippen LogP contribution in [0.4, 0.5) is 5.95 Å². The third-order valence-electron chi connectivity index (χ3n) is 4.95. The molecule has 2 N–H and O–H groups in total. The quantitative estimate of drug-likeness (QED) is 0.572. The number of nitriles is 1. The molecular weight excluding hydrogens is 360 g/mol. The number of benzene rings is 1. The van der Waals surface area contributed by atoms with Crippen LogP contribution in [0.25, 0.3) is 0 Å². The molecule has 0 aliphatic carbocycles. The largest absolute Gasteiger partial charge is 0.368 e. The van der Waals surface area contributed by atoms with Crippen molar-refractivity contribution in [1.29, 1.82) is 5.26 Å². The highest BCUT2D eigenvalue weighted by Crippen LogP contribution is 2.40. The topological polar surface area (TPSA) is 101 Å². The molecule has 3 aromatic heterocycles. The van der Waals surface area contributed by atoms with Gasteiger partial charge in [-0.1, -0.05) is 24.3 Å². The van der Waals surface area contributed by atoms with Crippen molar-refractivity contribution in [2.45, 2.75) is 11.8 Å². The van der Waals surface area contributed by atoms with E-state index in [1.54, 1.807) is 24.7 Å². The third-order valence-corrected chi connectivity index (χ3v) is 4.95. The van der Waals surface area contributed by atoms with E-state index in [0.29, 0.717) is 12.0 Å². The van der Waals surface area contributed by atoms with Crippen molar-refractivity contribution < 1.29 is 0 Å². The molecule has 0 saturated heterocycles. The van der Waals surface area contributed by atoms with Gasteiger partial charge in [0.25, 0.3) is 0 Å². The van der Waals surface area contributed by atoms with Crippen molar-refractivity contribution in [3.8, 4) is 6.07 Å². The van der Waals surface area contributed by atoms with E-state index in [1.807, 2.05) is 60.9 Å². The van der Waals surface area contributed by atoms with Gasteiger partial charge in [0.1, 0.15) is 0 Å². The van der Waals surface area contributed by atoms with Gasteiger partial charge in [0.05, 0.1) is 22.7 Å². The van der Waals surface area contributed by atoms with E-state index in [0.717, 1.165) is 22.4 Å². The maximum Gasteiger partial charge on any atom is 0.220 e. The summed E-state index contributed by atoms with van der Waals surface area (Å²) in [6, 6.07) is 19.5. The Morgan fingerprint density at radius 3 is 2.21 bits per heavy atom. The van der Waals surface area contributed by atoms with Crippen LogP contribution in [0, 0.1) is 11.3 Å². The van der Waals surface area contributed by atoms with Crippen LogP contribution >= 0.6 is 0 Å². The van der Waals surface area contributed by atoms with Crippen molar-refractivity contribution >= 4 is 5.95 Å². The Hall–Kier alpha value is -4.11. The number of hydrogen-bond donors (Lipinski definition) is 1. The normalized spacial score (nSPS) is 11.0. The lowest BCUT2D eigenvalue weighted by Gasteiger charge is -2.34. The zero-order valence-corrected chi connectivity index (χ0v) is 15.6. The first-order valence-corrected chi connectivity index (χ1v) is 9.11. The maximum atomic E-state index is 9.34. The highest BCUT2D eigenvalue weighted by Gasteiger charge is 2.39. The summed E-state index contributed by atoms with van der Waals surface area (Å²) in [5.74, 6) is 0.199. The van der Waals surface area contributed by atoms with Crippen LogP contribution in [0.15, 0.2) is 85.6 Å². The summed E-state index contributed by atoms with van der Waals surface area (Å²) in [5.41, 5.74) is 9.50. The molecule has 0 aliphatic rings. The van der Waals surface area contributed by atoms with E-state index in [9.17, 15) is 5.26 Å². The number of pyridine rings is 2. The van der Waals surface area contributed by atoms with Crippen LogP contribution in [-0.2, 0) is 11.8 Å². The van der Waals surface area contributed by atoms with Gasteiger partial charge < -0.3 is 5.73 Å². The minimum absolute atomic E-state index is 0.199. The number of nitrogens with zero attached hydrogens (tertiary/aromatic N) is 5. The Kier molecular flexibility index (Phi) is 4.95. The second-order valence-corrected chi connectivity index (χ2v) is 6.68. The zero-order chi connectivity index (χ0) is 20.1. The van der Waals surface area contributed by atoms with Crippen molar-refractivity contribution in [2.24, 2.45) is 0 Å². The Bertz CT molecular complexity index is 1110. The smallest absolute Gasteiger partial charge is 0.220 e. The van der Waals surface area contributed by atoms with Gasteiger partial charge in [-0.15, -0.1) is 0 Å². The predicted octanol–water partition coefficient (Wildman–Crippen LogP) is 3.30. The van der Waals surface area contributed by atoms with E-state index < -0.39 is 5.41 Å². The third kappa shape index (κ3) is 3.54. The molecule has 4 rings (SSSR count). The number of rotatable bonds is 5. The number of anilines is 1. The van der Waals surface area contributed by atoms with Gasteiger partial charge >= 0.3 is 0 Å². The highest BCUT2D eigenvalue weighted by molar-refractivity contribution is 5.49. The second kappa shape index (κ2) is 7.87.